The molecule has 0 aromatic heterocycles. The average Bonchev–Trinajstić information content (AvgIpc) is 2.93. The molecule has 5 aliphatic rings. The van der Waals surface area contributed by atoms with Gasteiger partial charge in [0.05, 0.1) is 0 Å². The first kappa shape index (κ1) is 26.7. The molecule has 6 nitrogen and oxygen atoms in total. The predicted molar refractivity (Wildman–Crippen MR) is 144 cm³/mol. The van der Waals surface area contributed by atoms with Crippen molar-refractivity contribution < 1.29 is 28.6 Å². The number of carbonyl (C=O) groups is 3. The molecule has 3 aliphatic carbocycles. The quantitative estimate of drug-likeness (QED) is 0.338. The molecule has 2 aliphatic heterocycles. The van der Waals surface area contributed by atoms with E-state index in [0.717, 1.165) is 24.0 Å². The highest BCUT2D eigenvalue weighted by molar-refractivity contribution is 5.88. The maximum atomic E-state index is 12.4. The molecule has 6 heteroatoms. The molecule has 0 N–H and O–H groups in total. The predicted octanol–water partition coefficient (Wildman–Crippen LogP) is 5.94. The lowest BCUT2D eigenvalue weighted by Crippen LogP contribution is -2.54. The summed E-state index contributed by atoms with van der Waals surface area (Å²) in [5.41, 5.74) is 2.80. The van der Waals surface area contributed by atoms with Crippen molar-refractivity contribution >= 4 is 17.9 Å². The number of rotatable bonds is 3. The third kappa shape index (κ3) is 4.02. The van der Waals surface area contributed by atoms with Gasteiger partial charge in [0.1, 0.15) is 17.8 Å². The van der Waals surface area contributed by atoms with Crippen LogP contribution in [0.4, 0.5) is 0 Å². The number of carbonyl (C=O) groups excluding carboxylic acids is 3. The van der Waals surface area contributed by atoms with Gasteiger partial charge in [-0.15, -0.1) is 0 Å². The number of hydrogen-bond donors (Lipinski definition) is 0. The number of cyclic esters (lactones) is 2. The highest BCUT2D eigenvalue weighted by atomic mass is 16.6. The summed E-state index contributed by atoms with van der Waals surface area (Å²) >= 11 is 0. The van der Waals surface area contributed by atoms with Gasteiger partial charge in [-0.25, -0.2) is 9.59 Å². The Labute approximate surface area is 225 Å². The molecule has 0 radical (unpaired) electrons. The molecule has 2 heterocycles. The van der Waals surface area contributed by atoms with Crippen molar-refractivity contribution in [3.05, 3.63) is 58.7 Å². The van der Waals surface area contributed by atoms with Crippen LogP contribution in [0.2, 0.25) is 0 Å². The van der Waals surface area contributed by atoms with Crippen LogP contribution in [0.25, 0.3) is 0 Å². The van der Waals surface area contributed by atoms with E-state index in [1.807, 2.05) is 26.0 Å². The van der Waals surface area contributed by atoms with Gasteiger partial charge in [-0.05, 0) is 62.2 Å². The van der Waals surface area contributed by atoms with E-state index in [0.29, 0.717) is 18.4 Å². The summed E-state index contributed by atoms with van der Waals surface area (Å²) in [7, 11) is 0. The van der Waals surface area contributed by atoms with Gasteiger partial charge in [0.25, 0.3) is 0 Å². The van der Waals surface area contributed by atoms with Crippen LogP contribution >= 0.6 is 0 Å². The largest absolute Gasteiger partial charge is 0.462 e. The Hall–Kier alpha value is -2.89. The Kier molecular flexibility index (Phi) is 6.39. The van der Waals surface area contributed by atoms with Crippen molar-refractivity contribution in [3.8, 4) is 0 Å². The smallest absolute Gasteiger partial charge is 0.333 e. The van der Waals surface area contributed by atoms with E-state index in [2.05, 4.69) is 39.0 Å². The summed E-state index contributed by atoms with van der Waals surface area (Å²) in [5.74, 6) is -0.650. The molecule has 7 unspecified atom stereocenters. The van der Waals surface area contributed by atoms with Gasteiger partial charge in [0, 0.05) is 48.2 Å². The summed E-state index contributed by atoms with van der Waals surface area (Å²) in [6, 6.07) is 0. The third-order valence-corrected chi connectivity index (χ3v) is 10.4. The van der Waals surface area contributed by atoms with Crippen LogP contribution in [0.15, 0.2) is 58.7 Å². The number of fused-ring (bicyclic) bond motifs is 3. The molecule has 0 aromatic rings. The van der Waals surface area contributed by atoms with E-state index in [9.17, 15) is 14.4 Å². The molecule has 5 rings (SSSR count). The van der Waals surface area contributed by atoms with Crippen LogP contribution in [0.3, 0.4) is 0 Å². The monoisotopic (exact) mass is 520 g/mol. The minimum atomic E-state index is -0.694. The fourth-order valence-electron chi connectivity index (χ4n) is 8.05. The Morgan fingerprint density at radius 1 is 1.13 bits per heavy atom. The Morgan fingerprint density at radius 3 is 2.55 bits per heavy atom. The zero-order valence-corrected chi connectivity index (χ0v) is 23.6. The number of hydrogen-bond acceptors (Lipinski definition) is 6. The van der Waals surface area contributed by atoms with E-state index in [-0.39, 0.29) is 58.7 Å². The van der Waals surface area contributed by atoms with E-state index >= 15 is 0 Å². The Morgan fingerprint density at radius 2 is 1.87 bits per heavy atom. The maximum Gasteiger partial charge on any atom is 0.333 e. The second-order valence-electron chi connectivity index (χ2n) is 12.8. The number of allylic oxidation sites excluding steroid dienone is 4. The molecule has 0 saturated heterocycles. The summed E-state index contributed by atoms with van der Waals surface area (Å²) in [5, 5.41) is 0. The van der Waals surface area contributed by atoms with Gasteiger partial charge in [-0.3, -0.25) is 4.79 Å². The highest BCUT2D eigenvalue weighted by Gasteiger charge is 2.64. The normalized spacial score (nSPS) is 38.4. The molecule has 7 atom stereocenters. The zero-order chi connectivity index (χ0) is 27.6. The maximum absolute atomic E-state index is 12.4. The van der Waals surface area contributed by atoms with E-state index in [1.54, 1.807) is 6.92 Å². The first-order valence-electron chi connectivity index (χ1n) is 13.9. The third-order valence-electron chi connectivity index (χ3n) is 10.4. The van der Waals surface area contributed by atoms with Crippen LogP contribution in [0.1, 0.15) is 74.1 Å². The van der Waals surface area contributed by atoms with Crippen molar-refractivity contribution in [2.75, 3.05) is 0 Å². The standard InChI is InChI=1S/C32H40O6/c1-18-8-12-26(37-29(18)35)19(2)23-14-15-31(6)25-11-10-24-21(9-13-28(34)38-30(24,4)5)16-22(25)17-27(32(23,31)7)36-20(3)33/h8-11,13,16,19,23-24,26-27H,12,14-15,17H2,1-7H3. The van der Waals surface area contributed by atoms with Crippen LogP contribution in [0.5, 0.6) is 0 Å². The molecule has 0 spiro atoms. The Balaban J connectivity index is 1.59. The molecule has 38 heavy (non-hydrogen) atoms. The average molecular weight is 521 g/mol. The molecule has 204 valence electrons. The molecular formula is C32H40O6. The van der Waals surface area contributed by atoms with Gasteiger partial charge in [-0.1, -0.05) is 51.2 Å². The first-order valence-corrected chi connectivity index (χ1v) is 13.9. The van der Waals surface area contributed by atoms with Crippen molar-refractivity contribution in [1.82, 2.24) is 0 Å². The van der Waals surface area contributed by atoms with Gasteiger partial charge < -0.3 is 14.2 Å². The number of esters is 3. The van der Waals surface area contributed by atoms with Crippen LogP contribution in [-0.4, -0.2) is 35.7 Å². The van der Waals surface area contributed by atoms with Crippen molar-refractivity contribution in [2.24, 2.45) is 28.6 Å². The van der Waals surface area contributed by atoms with Crippen LogP contribution < -0.4 is 0 Å². The van der Waals surface area contributed by atoms with Gasteiger partial charge >= 0.3 is 17.9 Å². The zero-order valence-electron chi connectivity index (χ0n) is 23.6. The lowest BCUT2D eigenvalue weighted by Gasteiger charge is -2.55. The van der Waals surface area contributed by atoms with Crippen molar-refractivity contribution in [3.63, 3.8) is 0 Å². The summed E-state index contributed by atoms with van der Waals surface area (Å²) in [6.45, 7) is 14.0. The Bertz CT molecular complexity index is 1230. The fourth-order valence-corrected chi connectivity index (χ4v) is 8.05. The first-order chi connectivity index (χ1) is 17.8. The topological polar surface area (TPSA) is 78.9 Å². The van der Waals surface area contributed by atoms with E-state index in [4.69, 9.17) is 14.2 Å². The van der Waals surface area contributed by atoms with E-state index < -0.39 is 5.60 Å². The van der Waals surface area contributed by atoms with E-state index in [1.165, 1.54) is 18.6 Å². The molecule has 0 aromatic carbocycles. The van der Waals surface area contributed by atoms with Crippen molar-refractivity contribution in [2.45, 2.75) is 92.0 Å². The van der Waals surface area contributed by atoms with Crippen LogP contribution in [-0.2, 0) is 28.6 Å². The molecule has 1 saturated carbocycles. The lowest BCUT2D eigenvalue weighted by atomic mass is 9.51. The molecule has 0 amide bonds. The van der Waals surface area contributed by atoms with Crippen LogP contribution in [0, 0.1) is 28.6 Å². The fraction of sp³-hybridized carbons (Fsp3) is 0.594. The van der Waals surface area contributed by atoms with Gasteiger partial charge in [0.15, 0.2) is 0 Å². The SMILES string of the molecule is CC(=O)OC1CC2=C(C=CC3C(=C2)C=CC(=O)OC3(C)C)C2(C)CCC(C(C)C3CC=C(C)C(=O)O3)C12C. The van der Waals surface area contributed by atoms with Gasteiger partial charge in [-0.2, -0.15) is 0 Å². The van der Waals surface area contributed by atoms with Gasteiger partial charge in [0.2, 0.25) is 0 Å². The minimum Gasteiger partial charge on any atom is -0.462 e. The van der Waals surface area contributed by atoms with Crippen molar-refractivity contribution in [1.29, 1.82) is 0 Å². The molecular weight excluding hydrogens is 480 g/mol. The summed E-state index contributed by atoms with van der Waals surface area (Å²) in [6.07, 6.45) is 14.6. The molecule has 0 bridgehead atoms. The second-order valence-corrected chi connectivity index (χ2v) is 12.8. The summed E-state index contributed by atoms with van der Waals surface area (Å²) < 4.78 is 17.8. The lowest BCUT2D eigenvalue weighted by molar-refractivity contribution is -0.167. The summed E-state index contributed by atoms with van der Waals surface area (Å²) in [4.78, 5) is 37.0. The highest BCUT2D eigenvalue weighted by Crippen LogP contribution is 2.68. The molecule has 1 fully saturated rings. The minimum absolute atomic E-state index is 0.0920. The second kappa shape index (κ2) is 9.10. The number of ether oxygens (including phenoxy) is 3.